The predicted molar refractivity (Wildman–Crippen MR) is 77.7 cm³/mol. The van der Waals surface area contributed by atoms with Gasteiger partial charge in [-0.2, -0.15) is 0 Å². The summed E-state index contributed by atoms with van der Waals surface area (Å²) < 4.78 is 5.28. The molecular formula is C17H17NO2. The highest BCUT2D eigenvalue weighted by Crippen LogP contribution is 2.34. The first-order valence-electron chi connectivity index (χ1n) is 6.76. The molecule has 1 aliphatic heterocycles. The maximum atomic E-state index is 11.9. The predicted octanol–water partition coefficient (Wildman–Crippen LogP) is 2.85. The van der Waals surface area contributed by atoms with Gasteiger partial charge in [0.05, 0.1) is 7.11 Å². The van der Waals surface area contributed by atoms with Gasteiger partial charge in [0.15, 0.2) is 0 Å². The number of carbonyl (C=O) groups excluding carboxylic acids is 1. The van der Waals surface area contributed by atoms with Crippen LogP contribution in [0.5, 0.6) is 5.75 Å². The fraction of sp³-hybridized carbons (Fsp3) is 0.235. The molecule has 0 bridgehead atoms. The minimum absolute atomic E-state index is 0.0917. The van der Waals surface area contributed by atoms with Gasteiger partial charge >= 0.3 is 0 Å². The van der Waals surface area contributed by atoms with Crippen LogP contribution in [0.2, 0.25) is 0 Å². The van der Waals surface area contributed by atoms with Crippen molar-refractivity contribution in [1.29, 1.82) is 0 Å². The highest BCUT2D eigenvalue weighted by atomic mass is 16.5. The van der Waals surface area contributed by atoms with E-state index in [2.05, 4.69) is 23.5 Å². The summed E-state index contributed by atoms with van der Waals surface area (Å²) in [5.41, 5.74) is 3.51. The minimum atomic E-state index is 0.0917. The molecule has 0 fully saturated rings. The number of hydrogen-bond donors (Lipinski definition) is 1. The largest absolute Gasteiger partial charge is 0.497 e. The van der Waals surface area contributed by atoms with Gasteiger partial charge in [0.25, 0.3) is 0 Å². The van der Waals surface area contributed by atoms with Crippen molar-refractivity contribution in [3.05, 3.63) is 65.2 Å². The number of rotatable bonds is 2. The average molecular weight is 267 g/mol. The van der Waals surface area contributed by atoms with Gasteiger partial charge < -0.3 is 10.1 Å². The fourth-order valence-corrected chi connectivity index (χ4v) is 2.75. The van der Waals surface area contributed by atoms with E-state index in [-0.39, 0.29) is 11.8 Å². The van der Waals surface area contributed by atoms with E-state index in [0.717, 1.165) is 11.3 Å². The number of benzene rings is 2. The summed E-state index contributed by atoms with van der Waals surface area (Å²) in [5.74, 6) is 1.03. The molecule has 1 atom stereocenters. The van der Waals surface area contributed by atoms with Crippen molar-refractivity contribution in [3.63, 3.8) is 0 Å². The normalized spacial score (nSPS) is 17.9. The van der Waals surface area contributed by atoms with Crippen molar-refractivity contribution >= 4 is 5.91 Å². The summed E-state index contributed by atoms with van der Waals surface area (Å²) in [5, 5.41) is 2.96. The summed E-state index contributed by atoms with van der Waals surface area (Å²) in [6.45, 7) is 0.564. The van der Waals surface area contributed by atoms with E-state index in [4.69, 9.17) is 4.74 Å². The SMILES string of the molecule is COc1ccc2c(c1)CNC(=O)C[C@@H]2c1ccccc1. The van der Waals surface area contributed by atoms with E-state index in [1.165, 1.54) is 11.1 Å². The highest BCUT2D eigenvalue weighted by molar-refractivity contribution is 5.78. The van der Waals surface area contributed by atoms with Crippen LogP contribution in [0.4, 0.5) is 0 Å². The summed E-state index contributed by atoms with van der Waals surface area (Å²) in [4.78, 5) is 11.9. The van der Waals surface area contributed by atoms with Crippen LogP contribution >= 0.6 is 0 Å². The van der Waals surface area contributed by atoms with Gasteiger partial charge in [-0.1, -0.05) is 36.4 Å². The van der Waals surface area contributed by atoms with Crippen molar-refractivity contribution in [1.82, 2.24) is 5.32 Å². The standard InChI is InChI=1S/C17H17NO2/c1-20-14-7-8-15-13(9-14)11-18-17(19)10-16(15)12-5-3-2-4-6-12/h2-9,16H,10-11H2,1H3,(H,18,19)/t16-/m1/s1. The Kier molecular flexibility index (Phi) is 3.42. The van der Waals surface area contributed by atoms with Gasteiger partial charge in [0, 0.05) is 18.9 Å². The zero-order chi connectivity index (χ0) is 13.9. The quantitative estimate of drug-likeness (QED) is 0.908. The maximum Gasteiger partial charge on any atom is 0.221 e. The molecule has 20 heavy (non-hydrogen) atoms. The van der Waals surface area contributed by atoms with Gasteiger partial charge in [-0.3, -0.25) is 4.79 Å². The van der Waals surface area contributed by atoms with E-state index < -0.39 is 0 Å². The van der Waals surface area contributed by atoms with Crippen LogP contribution in [0.15, 0.2) is 48.5 Å². The lowest BCUT2D eigenvalue weighted by Gasteiger charge is -2.17. The second-order valence-electron chi connectivity index (χ2n) is 5.01. The van der Waals surface area contributed by atoms with Crippen LogP contribution in [0.3, 0.4) is 0 Å². The van der Waals surface area contributed by atoms with E-state index in [0.29, 0.717) is 13.0 Å². The van der Waals surface area contributed by atoms with Gasteiger partial charge in [-0.05, 0) is 28.8 Å². The third-order valence-electron chi connectivity index (χ3n) is 3.79. The molecule has 2 aromatic rings. The van der Waals surface area contributed by atoms with E-state index in [1.807, 2.05) is 30.3 Å². The lowest BCUT2D eigenvalue weighted by Crippen LogP contribution is -2.21. The third-order valence-corrected chi connectivity index (χ3v) is 3.79. The number of carbonyl (C=O) groups is 1. The summed E-state index contributed by atoms with van der Waals surface area (Å²) in [6.07, 6.45) is 0.489. The number of fused-ring (bicyclic) bond motifs is 1. The molecule has 1 heterocycles. The molecule has 1 N–H and O–H groups in total. The molecule has 3 rings (SSSR count). The zero-order valence-electron chi connectivity index (χ0n) is 11.4. The summed E-state index contributed by atoms with van der Waals surface area (Å²) in [6, 6.07) is 16.2. The maximum absolute atomic E-state index is 11.9. The number of ether oxygens (including phenoxy) is 1. The molecule has 0 aromatic heterocycles. The van der Waals surface area contributed by atoms with Crippen LogP contribution in [0.25, 0.3) is 0 Å². The Labute approximate surface area is 118 Å². The van der Waals surface area contributed by atoms with Gasteiger partial charge in [-0.15, -0.1) is 0 Å². The number of methoxy groups -OCH3 is 1. The molecule has 0 saturated carbocycles. The van der Waals surface area contributed by atoms with E-state index in [1.54, 1.807) is 7.11 Å². The molecule has 3 nitrogen and oxygen atoms in total. The topological polar surface area (TPSA) is 38.3 Å². The first-order valence-corrected chi connectivity index (χ1v) is 6.76. The van der Waals surface area contributed by atoms with E-state index in [9.17, 15) is 4.79 Å². The van der Waals surface area contributed by atoms with Gasteiger partial charge in [-0.25, -0.2) is 0 Å². The fourth-order valence-electron chi connectivity index (χ4n) is 2.75. The van der Waals surface area contributed by atoms with Crippen molar-refractivity contribution in [2.24, 2.45) is 0 Å². The lowest BCUT2D eigenvalue weighted by atomic mass is 9.86. The second-order valence-corrected chi connectivity index (χ2v) is 5.01. The lowest BCUT2D eigenvalue weighted by molar-refractivity contribution is -0.121. The third kappa shape index (κ3) is 2.39. The van der Waals surface area contributed by atoms with Crippen molar-refractivity contribution < 1.29 is 9.53 Å². The number of nitrogens with one attached hydrogen (secondary N) is 1. The Morgan fingerprint density at radius 1 is 1.15 bits per heavy atom. The smallest absolute Gasteiger partial charge is 0.221 e. The van der Waals surface area contributed by atoms with Crippen molar-refractivity contribution in [3.8, 4) is 5.75 Å². The minimum Gasteiger partial charge on any atom is -0.497 e. The summed E-state index contributed by atoms with van der Waals surface area (Å²) in [7, 11) is 1.66. The average Bonchev–Trinajstić information content (AvgIpc) is 2.67. The second kappa shape index (κ2) is 5.37. The zero-order valence-corrected chi connectivity index (χ0v) is 11.4. The number of amides is 1. The van der Waals surface area contributed by atoms with Crippen LogP contribution in [-0.4, -0.2) is 13.0 Å². The molecule has 0 radical (unpaired) electrons. The molecule has 1 amide bonds. The Morgan fingerprint density at radius 3 is 2.70 bits per heavy atom. The Morgan fingerprint density at radius 2 is 1.95 bits per heavy atom. The molecular weight excluding hydrogens is 250 g/mol. The Balaban J connectivity index is 2.08. The van der Waals surface area contributed by atoms with Crippen molar-refractivity contribution in [2.45, 2.75) is 18.9 Å². The highest BCUT2D eigenvalue weighted by Gasteiger charge is 2.24. The molecule has 102 valence electrons. The van der Waals surface area contributed by atoms with Crippen LogP contribution in [-0.2, 0) is 11.3 Å². The Hall–Kier alpha value is -2.29. The first-order chi connectivity index (χ1) is 9.78. The Bertz CT molecular complexity index is 622. The molecule has 0 saturated heterocycles. The monoisotopic (exact) mass is 267 g/mol. The van der Waals surface area contributed by atoms with Crippen LogP contribution in [0, 0.1) is 0 Å². The van der Waals surface area contributed by atoms with Crippen LogP contribution < -0.4 is 10.1 Å². The molecule has 1 aliphatic rings. The molecule has 0 spiro atoms. The van der Waals surface area contributed by atoms with Gasteiger partial charge in [0.2, 0.25) is 5.91 Å². The van der Waals surface area contributed by atoms with Gasteiger partial charge in [0.1, 0.15) is 5.75 Å². The molecule has 3 heteroatoms. The number of hydrogen-bond acceptors (Lipinski definition) is 2. The van der Waals surface area contributed by atoms with E-state index >= 15 is 0 Å². The molecule has 0 aliphatic carbocycles. The molecule has 0 unspecified atom stereocenters. The van der Waals surface area contributed by atoms with Crippen molar-refractivity contribution in [2.75, 3.05) is 7.11 Å². The summed E-state index contributed by atoms with van der Waals surface area (Å²) >= 11 is 0. The van der Waals surface area contributed by atoms with Crippen LogP contribution in [0.1, 0.15) is 29.0 Å². The first kappa shape index (κ1) is 12.7. The molecule has 2 aromatic carbocycles.